The molecule has 0 aliphatic rings. The van der Waals surface area contributed by atoms with Crippen molar-refractivity contribution < 1.29 is 9.76 Å². The van der Waals surface area contributed by atoms with Gasteiger partial charge in [-0.3, -0.25) is 0 Å². The molecule has 0 fully saturated rings. The number of ether oxygens (including phenoxy) is 1. The molecule has 0 spiro atoms. The number of nitrogen functional groups attached to an aromatic ring is 1. The summed E-state index contributed by atoms with van der Waals surface area (Å²) in [5.41, 5.74) is 10.6. The third-order valence-electron chi connectivity index (χ3n) is 4.56. The minimum atomic E-state index is -0.680. The predicted molar refractivity (Wildman–Crippen MR) is 107 cm³/mol. The van der Waals surface area contributed by atoms with E-state index in [2.05, 4.69) is 20.2 Å². The number of aromatic nitrogens is 4. The van der Waals surface area contributed by atoms with Crippen LogP contribution in [-0.2, 0) is 0 Å². The zero-order valence-corrected chi connectivity index (χ0v) is 15.0. The Balaban J connectivity index is 1.99. The molecule has 2 aromatic carbocycles. The van der Waals surface area contributed by atoms with E-state index in [1.54, 1.807) is 26.3 Å². The van der Waals surface area contributed by atoms with E-state index < -0.39 is 6.92 Å². The number of rotatable bonds is 4. The van der Waals surface area contributed by atoms with Crippen molar-refractivity contribution >= 4 is 29.0 Å². The first-order valence-electron chi connectivity index (χ1n) is 8.49. The summed E-state index contributed by atoms with van der Waals surface area (Å²) in [6, 6.07) is 9.62. The Morgan fingerprint density at radius 2 is 2.04 bits per heavy atom. The number of anilines is 1. The van der Waals surface area contributed by atoms with Crippen LogP contribution < -0.4 is 15.9 Å². The standard InChI is InChI=1S/C19H18BN5O2/c1-20(26)15-8-13(14(9-18(15)27-2)19-22-5-6-23-19)11-3-4-12-16(21)10-24-25-17(12)7-11/h3-10,26H,1-2H3,(H2,21,25)(H,22,23). The first-order chi connectivity index (χ1) is 13.1. The van der Waals surface area contributed by atoms with Gasteiger partial charge in [0.25, 0.3) is 0 Å². The van der Waals surface area contributed by atoms with Gasteiger partial charge in [-0.05, 0) is 34.8 Å². The first kappa shape index (κ1) is 17.1. The minimum Gasteiger partial charge on any atom is -0.497 e. The zero-order valence-electron chi connectivity index (χ0n) is 15.0. The molecule has 0 atom stereocenters. The van der Waals surface area contributed by atoms with Crippen molar-refractivity contribution in [1.29, 1.82) is 0 Å². The van der Waals surface area contributed by atoms with Crippen molar-refractivity contribution in [2.24, 2.45) is 0 Å². The van der Waals surface area contributed by atoms with Crippen LogP contribution >= 0.6 is 0 Å². The fraction of sp³-hybridized carbons (Fsp3) is 0.105. The van der Waals surface area contributed by atoms with Crippen LogP contribution in [0.2, 0.25) is 6.82 Å². The molecule has 0 amide bonds. The molecular weight excluding hydrogens is 341 g/mol. The molecule has 0 aliphatic heterocycles. The summed E-state index contributed by atoms with van der Waals surface area (Å²) >= 11 is 0. The number of nitrogens with one attached hydrogen (secondary N) is 1. The SMILES string of the molecule is COc1cc(-c2ncc[nH]2)c(-c2ccc3c(N)cnnc3c2)cc1B(C)O. The highest BCUT2D eigenvalue weighted by Crippen LogP contribution is 2.34. The second-order valence-corrected chi connectivity index (χ2v) is 6.29. The average Bonchev–Trinajstić information content (AvgIpc) is 3.21. The van der Waals surface area contributed by atoms with E-state index in [1.807, 2.05) is 30.3 Å². The lowest BCUT2D eigenvalue weighted by Gasteiger charge is -2.16. The van der Waals surface area contributed by atoms with Crippen LogP contribution in [0.4, 0.5) is 5.69 Å². The van der Waals surface area contributed by atoms with Crippen molar-refractivity contribution in [2.75, 3.05) is 12.8 Å². The Bertz CT molecular complexity index is 1110. The fourth-order valence-electron chi connectivity index (χ4n) is 3.20. The van der Waals surface area contributed by atoms with Crippen LogP contribution in [0.15, 0.2) is 48.9 Å². The van der Waals surface area contributed by atoms with Gasteiger partial charge in [-0.15, -0.1) is 0 Å². The molecule has 0 radical (unpaired) electrons. The second-order valence-electron chi connectivity index (χ2n) is 6.29. The third-order valence-corrected chi connectivity index (χ3v) is 4.56. The fourth-order valence-corrected chi connectivity index (χ4v) is 3.20. The zero-order chi connectivity index (χ0) is 19.0. The summed E-state index contributed by atoms with van der Waals surface area (Å²) in [6.45, 7) is 1.03. The molecule has 2 heterocycles. The summed E-state index contributed by atoms with van der Waals surface area (Å²) in [7, 11) is 1.58. The maximum absolute atomic E-state index is 10.2. The maximum Gasteiger partial charge on any atom is 0.324 e. The predicted octanol–water partition coefficient (Wildman–Crippen LogP) is 2.10. The number of nitrogens with zero attached hydrogens (tertiary/aromatic N) is 3. The van der Waals surface area contributed by atoms with Gasteiger partial charge in [0.05, 0.1) is 24.5 Å². The second kappa shape index (κ2) is 6.73. The highest BCUT2D eigenvalue weighted by molar-refractivity contribution is 6.66. The molecule has 0 saturated heterocycles. The normalized spacial score (nSPS) is 10.9. The quantitative estimate of drug-likeness (QED) is 0.482. The molecule has 27 heavy (non-hydrogen) atoms. The number of benzene rings is 2. The number of hydrogen-bond acceptors (Lipinski definition) is 6. The molecule has 0 aliphatic carbocycles. The van der Waals surface area contributed by atoms with Crippen molar-refractivity contribution in [3.8, 4) is 28.3 Å². The lowest BCUT2D eigenvalue weighted by Crippen LogP contribution is -2.28. The highest BCUT2D eigenvalue weighted by atomic mass is 16.5. The molecule has 4 aromatic rings. The molecule has 4 rings (SSSR count). The summed E-state index contributed by atoms with van der Waals surface area (Å²) < 4.78 is 5.48. The van der Waals surface area contributed by atoms with Gasteiger partial charge in [0, 0.05) is 23.3 Å². The van der Waals surface area contributed by atoms with Gasteiger partial charge in [-0.1, -0.05) is 19.0 Å². The number of imidazole rings is 1. The van der Waals surface area contributed by atoms with Crippen LogP contribution in [0.3, 0.4) is 0 Å². The Morgan fingerprint density at radius 3 is 2.74 bits per heavy atom. The summed E-state index contributed by atoms with van der Waals surface area (Å²) in [5.74, 6) is 1.31. The van der Waals surface area contributed by atoms with E-state index in [0.29, 0.717) is 28.2 Å². The topological polar surface area (TPSA) is 110 Å². The maximum atomic E-state index is 10.2. The Morgan fingerprint density at radius 1 is 1.19 bits per heavy atom. The van der Waals surface area contributed by atoms with Crippen molar-refractivity contribution in [2.45, 2.75) is 6.82 Å². The van der Waals surface area contributed by atoms with Crippen LogP contribution in [0.5, 0.6) is 5.75 Å². The first-order valence-corrected chi connectivity index (χ1v) is 8.49. The third kappa shape index (κ3) is 3.00. The van der Waals surface area contributed by atoms with Gasteiger partial charge < -0.3 is 20.5 Å². The summed E-state index contributed by atoms with van der Waals surface area (Å²) in [4.78, 5) is 7.51. The van der Waals surface area contributed by atoms with Crippen LogP contribution in [0.1, 0.15) is 0 Å². The molecule has 4 N–H and O–H groups in total. The Hall–Kier alpha value is -3.39. The number of aromatic amines is 1. The van der Waals surface area contributed by atoms with Gasteiger partial charge in [0.2, 0.25) is 0 Å². The highest BCUT2D eigenvalue weighted by Gasteiger charge is 2.20. The smallest absolute Gasteiger partial charge is 0.324 e. The molecular formula is C19H18BN5O2. The molecule has 134 valence electrons. The van der Waals surface area contributed by atoms with E-state index in [-0.39, 0.29) is 0 Å². The Kier molecular flexibility index (Phi) is 4.25. The molecule has 0 bridgehead atoms. The van der Waals surface area contributed by atoms with Gasteiger partial charge in [0.15, 0.2) is 0 Å². The molecule has 0 saturated carbocycles. The van der Waals surface area contributed by atoms with Gasteiger partial charge in [-0.25, -0.2) is 4.98 Å². The van der Waals surface area contributed by atoms with Gasteiger partial charge in [-0.2, -0.15) is 10.2 Å². The van der Waals surface area contributed by atoms with E-state index in [0.717, 1.165) is 22.1 Å². The summed E-state index contributed by atoms with van der Waals surface area (Å²) in [5, 5.41) is 19.2. The van der Waals surface area contributed by atoms with E-state index in [1.165, 1.54) is 6.20 Å². The number of methoxy groups -OCH3 is 1. The van der Waals surface area contributed by atoms with Crippen LogP contribution in [0.25, 0.3) is 33.4 Å². The number of nitrogens with two attached hydrogens (primary N) is 1. The van der Waals surface area contributed by atoms with Gasteiger partial charge in [0.1, 0.15) is 11.6 Å². The van der Waals surface area contributed by atoms with Gasteiger partial charge >= 0.3 is 6.92 Å². The number of hydrogen-bond donors (Lipinski definition) is 3. The lowest BCUT2D eigenvalue weighted by atomic mass is 9.63. The largest absolute Gasteiger partial charge is 0.497 e. The molecule has 0 unspecified atom stereocenters. The van der Waals surface area contributed by atoms with E-state index >= 15 is 0 Å². The average molecular weight is 359 g/mol. The number of H-pyrrole nitrogens is 1. The Labute approximate surface area is 156 Å². The molecule has 2 aromatic heterocycles. The number of fused-ring (bicyclic) bond motifs is 1. The summed E-state index contributed by atoms with van der Waals surface area (Å²) in [6.07, 6.45) is 5.00. The minimum absolute atomic E-state index is 0.581. The van der Waals surface area contributed by atoms with E-state index in [4.69, 9.17) is 10.5 Å². The molecule has 8 heteroatoms. The lowest BCUT2D eigenvalue weighted by molar-refractivity contribution is 0.417. The van der Waals surface area contributed by atoms with Crippen molar-refractivity contribution in [1.82, 2.24) is 20.2 Å². The van der Waals surface area contributed by atoms with Crippen LogP contribution in [-0.4, -0.2) is 39.2 Å². The van der Waals surface area contributed by atoms with E-state index in [9.17, 15) is 5.02 Å². The molecule has 7 nitrogen and oxygen atoms in total. The van der Waals surface area contributed by atoms with Crippen molar-refractivity contribution in [3.63, 3.8) is 0 Å². The van der Waals surface area contributed by atoms with Crippen molar-refractivity contribution in [3.05, 3.63) is 48.9 Å². The monoisotopic (exact) mass is 359 g/mol. The van der Waals surface area contributed by atoms with Crippen LogP contribution in [0, 0.1) is 0 Å².